The summed E-state index contributed by atoms with van der Waals surface area (Å²) in [6.45, 7) is 2.45. The van der Waals surface area contributed by atoms with E-state index in [1.807, 2.05) is 0 Å². The smallest absolute Gasteiger partial charge is 0.0324 e. The van der Waals surface area contributed by atoms with Crippen LogP contribution in [0.3, 0.4) is 0 Å². The maximum Gasteiger partial charge on any atom is 0.0324 e. The highest BCUT2D eigenvalue weighted by atomic mass is 31.1. The Labute approximate surface area is 219 Å². The lowest BCUT2D eigenvalue weighted by atomic mass is 9.94. The van der Waals surface area contributed by atoms with E-state index in [1.54, 1.807) is 10.9 Å². The molecule has 0 saturated heterocycles. The van der Waals surface area contributed by atoms with E-state index >= 15 is 0 Å². The average molecular weight is 508 g/mol. The molecule has 0 bridgehead atoms. The maximum atomic E-state index is 2.67. The molecule has 0 amide bonds. The van der Waals surface area contributed by atoms with Gasteiger partial charge in [0, 0.05) is 14.1 Å². The van der Waals surface area contributed by atoms with Crippen molar-refractivity contribution in [3.63, 3.8) is 0 Å². The molecular formula is C33H35NP2. The van der Waals surface area contributed by atoms with Crippen LogP contribution in [0.15, 0.2) is 132 Å². The molecule has 0 aliphatic heterocycles. The number of likely N-dealkylation sites (N-methyl/N-ethyl adjacent to an activating group) is 1. The summed E-state index contributed by atoms with van der Waals surface area (Å²) >= 11 is 0. The van der Waals surface area contributed by atoms with Gasteiger partial charge in [0.05, 0.1) is 0 Å². The van der Waals surface area contributed by atoms with Gasteiger partial charge < -0.3 is 0 Å². The fourth-order valence-corrected chi connectivity index (χ4v) is 10.5. The highest BCUT2D eigenvalue weighted by Gasteiger charge is 2.31. The van der Waals surface area contributed by atoms with Gasteiger partial charge in [0.1, 0.15) is 0 Å². The minimum absolute atomic E-state index is 0.379. The lowest BCUT2D eigenvalue weighted by Crippen LogP contribution is -2.35. The van der Waals surface area contributed by atoms with Crippen LogP contribution in [0, 0.1) is 0 Å². The van der Waals surface area contributed by atoms with Gasteiger partial charge in [-0.3, -0.25) is 4.67 Å². The standard InChI is InChI=1S/C33H35NP2/c1-27(34(2)36(30-21-11-5-12-22-30)31-23-13-6-14-24-31)32-25-15-16-26-33(32)35(28-17-7-3-8-18-28)29-19-9-4-10-20-29/h3-14,17-24,27H,15-16,25-26H2,1-2H3/t27-/m1/s1. The van der Waals surface area contributed by atoms with Gasteiger partial charge in [0.2, 0.25) is 0 Å². The van der Waals surface area contributed by atoms with Crippen molar-refractivity contribution < 1.29 is 0 Å². The molecule has 4 aromatic carbocycles. The second-order valence-corrected chi connectivity index (χ2v) is 13.9. The molecule has 0 unspecified atom stereocenters. The lowest BCUT2D eigenvalue weighted by molar-refractivity contribution is 0.453. The SMILES string of the molecule is C[C@H](C1=C(P(c2ccccc2)c2ccccc2)CCCC1)N(C)P(c1ccccc1)c1ccccc1. The van der Waals surface area contributed by atoms with Crippen molar-refractivity contribution in [2.45, 2.75) is 38.6 Å². The first-order valence-electron chi connectivity index (χ1n) is 13.0. The van der Waals surface area contributed by atoms with Gasteiger partial charge in [-0.2, -0.15) is 0 Å². The summed E-state index contributed by atoms with van der Waals surface area (Å²) in [4.78, 5) is 0. The van der Waals surface area contributed by atoms with E-state index in [1.165, 1.54) is 46.9 Å². The molecule has 1 aliphatic carbocycles. The zero-order chi connectivity index (χ0) is 24.7. The Morgan fingerprint density at radius 2 is 0.944 bits per heavy atom. The molecule has 0 saturated carbocycles. The van der Waals surface area contributed by atoms with E-state index < -0.39 is 16.0 Å². The minimum atomic E-state index is -0.617. The Bertz CT molecular complexity index is 1180. The summed E-state index contributed by atoms with van der Waals surface area (Å²) in [5, 5.41) is 7.47. The molecule has 1 aliphatic rings. The van der Waals surface area contributed by atoms with E-state index in [9.17, 15) is 0 Å². The Kier molecular flexibility index (Phi) is 8.45. The van der Waals surface area contributed by atoms with Crippen LogP contribution in [-0.4, -0.2) is 17.8 Å². The second kappa shape index (κ2) is 12.1. The van der Waals surface area contributed by atoms with Crippen LogP contribution in [-0.2, 0) is 0 Å². The number of nitrogens with zero attached hydrogens (tertiary/aromatic N) is 1. The Morgan fingerprint density at radius 3 is 1.39 bits per heavy atom. The van der Waals surface area contributed by atoms with Gasteiger partial charge in [-0.05, 0) is 79.7 Å². The molecule has 0 heterocycles. The van der Waals surface area contributed by atoms with Crippen molar-refractivity contribution >= 4 is 37.2 Å². The topological polar surface area (TPSA) is 3.24 Å². The summed E-state index contributed by atoms with van der Waals surface area (Å²) < 4.78 is 2.67. The highest BCUT2D eigenvalue weighted by Crippen LogP contribution is 2.52. The van der Waals surface area contributed by atoms with E-state index in [2.05, 4.69) is 140 Å². The fourth-order valence-electron chi connectivity index (χ4n) is 5.28. The summed E-state index contributed by atoms with van der Waals surface area (Å²) in [6.07, 6.45) is 4.99. The van der Waals surface area contributed by atoms with Gasteiger partial charge in [-0.25, -0.2) is 0 Å². The molecule has 0 N–H and O–H groups in total. The number of rotatable bonds is 8. The molecule has 0 spiro atoms. The Balaban J connectivity index is 1.59. The Morgan fingerprint density at radius 1 is 0.556 bits per heavy atom. The van der Waals surface area contributed by atoms with Crippen LogP contribution in [0.2, 0.25) is 0 Å². The predicted octanol–water partition coefficient (Wildman–Crippen LogP) is 7.32. The third-order valence-corrected chi connectivity index (χ3v) is 12.4. The third-order valence-electron chi connectivity index (χ3n) is 7.16. The maximum absolute atomic E-state index is 2.67. The average Bonchev–Trinajstić information content (AvgIpc) is 2.95. The van der Waals surface area contributed by atoms with E-state index in [0.29, 0.717) is 6.04 Å². The first-order chi connectivity index (χ1) is 17.7. The molecule has 0 aromatic heterocycles. The van der Waals surface area contributed by atoms with Crippen molar-refractivity contribution in [1.29, 1.82) is 0 Å². The second-order valence-electron chi connectivity index (χ2n) is 9.42. The minimum Gasteiger partial charge on any atom is -0.271 e. The van der Waals surface area contributed by atoms with Crippen LogP contribution >= 0.6 is 16.0 Å². The van der Waals surface area contributed by atoms with Crippen molar-refractivity contribution in [3.8, 4) is 0 Å². The van der Waals surface area contributed by atoms with Crippen LogP contribution in [0.4, 0.5) is 0 Å². The van der Waals surface area contributed by atoms with Gasteiger partial charge in [-0.15, -0.1) is 0 Å². The van der Waals surface area contributed by atoms with Crippen molar-refractivity contribution in [3.05, 3.63) is 132 Å². The van der Waals surface area contributed by atoms with Gasteiger partial charge in [0.25, 0.3) is 0 Å². The first kappa shape index (κ1) is 25.1. The normalized spacial score (nSPS) is 15.0. The predicted molar refractivity (Wildman–Crippen MR) is 161 cm³/mol. The van der Waals surface area contributed by atoms with Crippen molar-refractivity contribution in [2.75, 3.05) is 7.05 Å². The largest absolute Gasteiger partial charge is 0.271 e. The Hall–Kier alpha value is -2.56. The first-order valence-corrected chi connectivity index (χ1v) is 15.6. The summed E-state index contributed by atoms with van der Waals surface area (Å²) in [5.74, 6) is 0. The van der Waals surface area contributed by atoms with Crippen molar-refractivity contribution in [2.24, 2.45) is 0 Å². The van der Waals surface area contributed by atoms with Gasteiger partial charge in [0.15, 0.2) is 0 Å². The molecule has 182 valence electrons. The third kappa shape index (κ3) is 5.55. The highest BCUT2D eigenvalue weighted by molar-refractivity contribution is 7.76. The fraction of sp³-hybridized carbons (Fsp3) is 0.212. The van der Waals surface area contributed by atoms with E-state index in [4.69, 9.17) is 0 Å². The zero-order valence-electron chi connectivity index (χ0n) is 21.3. The van der Waals surface area contributed by atoms with Gasteiger partial charge >= 0.3 is 0 Å². The van der Waals surface area contributed by atoms with Crippen LogP contribution < -0.4 is 21.2 Å². The number of benzene rings is 4. The molecule has 0 radical (unpaired) electrons. The molecular weight excluding hydrogens is 472 g/mol. The zero-order valence-corrected chi connectivity index (χ0v) is 23.1. The van der Waals surface area contributed by atoms with E-state index in [0.717, 1.165) is 0 Å². The van der Waals surface area contributed by atoms with Crippen LogP contribution in [0.25, 0.3) is 0 Å². The molecule has 0 fully saturated rings. The number of allylic oxidation sites excluding steroid dienone is 1. The van der Waals surface area contributed by atoms with Crippen LogP contribution in [0.1, 0.15) is 32.6 Å². The summed E-state index contributed by atoms with van der Waals surface area (Å²) in [5.41, 5.74) is 1.67. The molecule has 5 rings (SSSR count). The lowest BCUT2D eigenvalue weighted by Gasteiger charge is -2.39. The molecule has 36 heavy (non-hydrogen) atoms. The number of hydrogen-bond acceptors (Lipinski definition) is 1. The molecule has 4 aromatic rings. The van der Waals surface area contributed by atoms with Crippen LogP contribution in [0.5, 0.6) is 0 Å². The van der Waals surface area contributed by atoms with Crippen molar-refractivity contribution in [1.82, 2.24) is 4.67 Å². The molecule has 3 heteroatoms. The summed E-state index contributed by atoms with van der Waals surface area (Å²) in [7, 11) is 1.20. The van der Waals surface area contributed by atoms with Gasteiger partial charge in [-0.1, -0.05) is 121 Å². The molecule has 1 nitrogen and oxygen atoms in total. The monoisotopic (exact) mass is 507 g/mol. The quantitative estimate of drug-likeness (QED) is 0.226. The molecule has 1 atom stereocenters. The summed E-state index contributed by atoms with van der Waals surface area (Å²) in [6, 6.07) is 45.0. The van der Waals surface area contributed by atoms with E-state index in [-0.39, 0.29) is 0 Å². The number of hydrogen-bond donors (Lipinski definition) is 0.